The molecule has 0 aliphatic carbocycles. The second-order valence-corrected chi connectivity index (χ2v) is 6.06. The van der Waals surface area contributed by atoms with Gasteiger partial charge in [0.1, 0.15) is 5.82 Å². The molecular weight excluding hydrogens is 315 g/mol. The molecule has 0 unspecified atom stereocenters. The molecule has 1 heterocycles. The van der Waals surface area contributed by atoms with Crippen LogP contribution in [0.3, 0.4) is 0 Å². The molecule has 0 atom stereocenters. The van der Waals surface area contributed by atoms with Gasteiger partial charge in [-0.1, -0.05) is 12.1 Å². The van der Waals surface area contributed by atoms with Gasteiger partial charge in [-0.3, -0.25) is 4.79 Å². The minimum atomic E-state index is -0.415. The summed E-state index contributed by atoms with van der Waals surface area (Å²) in [4.78, 5) is 24.7. The zero-order valence-corrected chi connectivity index (χ0v) is 13.2. The zero-order valence-electron chi connectivity index (χ0n) is 12.3. The van der Waals surface area contributed by atoms with Crippen LogP contribution < -0.4 is 0 Å². The van der Waals surface area contributed by atoms with Crippen molar-refractivity contribution < 1.29 is 18.7 Å². The summed E-state index contributed by atoms with van der Waals surface area (Å²) < 4.78 is 18.0. The average molecular weight is 328 g/mol. The van der Waals surface area contributed by atoms with E-state index in [1.165, 1.54) is 31.0 Å². The molecule has 0 saturated heterocycles. The molecule has 0 amide bonds. The number of carbonyl (C=O) groups is 2. The number of ketones is 1. The number of hydrogen-bond donors (Lipinski definition) is 0. The van der Waals surface area contributed by atoms with E-state index >= 15 is 0 Å². The molecule has 0 saturated carbocycles. The third kappa shape index (κ3) is 3.19. The Labute approximate surface area is 137 Å². The van der Waals surface area contributed by atoms with Crippen molar-refractivity contribution in [3.63, 3.8) is 0 Å². The highest BCUT2D eigenvalue weighted by Gasteiger charge is 2.22. The Morgan fingerprint density at radius 1 is 1.22 bits per heavy atom. The molecule has 1 aliphatic rings. The zero-order chi connectivity index (χ0) is 16.4. The van der Waals surface area contributed by atoms with Crippen LogP contribution >= 0.6 is 11.8 Å². The van der Waals surface area contributed by atoms with Crippen LogP contribution in [-0.2, 0) is 4.74 Å². The first-order valence-corrected chi connectivity index (χ1v) is 7.93. The van der Waals surface area contributed by atoms with Crippen molar-refractivity contribution in [1.29, 1.82) is 0 Å². The minimum Gasteiger partial charge on any atom is -0.465 e. The van der Waals surface area contributed by atoms with Crippen LogP contribution in [0.25, 0.3) is 6.08 Å². The maximum atomic E-state index is 13.4. The van der Waals surface area contributed by atoms with Crippen molar-refractivity contribution in [2.24, 2.45) is 0 Å². The topological polar surface area (TPSA) is 43.4 Å². The SMILES string of the molecule is COC(=O)c1ccc(C=C2CSc3ccc(F)cc3C2=O)cc1. The molecule has 0 N–H and O–H groups in total. The lowest BCUT2D eigenvalue weighted by Crippen LogP contribution is -2.12. The van der Waals surface area contributed by atoms with Crippen LogP contribution in [0.4, 0.5) is 4.39 Å². The number of methoxy groups -OCH3 is 1. The van der Waals surface area contributed by atoms with E-state index < -0.39 is 11.8 Å². The fourth-order valence-corrected chi connectivity index (χ4v) is 3.34. The third-order valence-electron chi connectivity index (χ3n) is 3.53. The second-order valence-electron chi connectivity index (χ2n) is 5.04. The molecule has 2 aromatic rings. The number of thioether (sulfide) groups is 1. The van der Waals surface area contributed by atoms with E-state index in [-0.39, 0.29) is 5.78 Å². The number of carbonyl (C=O) groups excluding carboxylic acids is 2. The molecule has 0 bridgehead atoms. The van der Waals surface area contributed by atoms with E-state index in [9.17, 15) is 14.0 Å². The average Bonchev–Trinajstić information content (AvgIpc) is 2.58. The molecule has 23 heavy (non-hydrogen) atoms. The van der Waals surface area contributed by atoms with Gasteiger partial charge in [0, 0.05) is 21.8 Å². The van der Waals surface area contributed by atoms with Gasteiger partial charge in [0.2, 0.25) is 0 Å². The molecule has 2 aromatic carbocycles. The van der Waals surface area contributed by atoms with Crippen molar-refractivity contribution >= 4 is 29.6 Å². The Balaban J connectivity index is 1.89. The highest BCUT2D eigenvalue weighted by atomic mass is 32.2. The lowest BCUT2D eigenvalue weighted by Gasteiger charge is -2.17. The summed E-state index contributed by atoms with van der Waals surface area (Å²) in [6, 6.07) is 11.1. The van der Waals surface area contributed by atoms with Crippen LogP contribution in [0.1, 0.15) is 26.3 Å². The summed E-state index contributed by atoms with van der Waals surface area (Å²) in [6.07, 6.45) is 1.77. The van der Waals surface area contributed by atoms with Gasteiger partial charge in [0.05, 0.1) is 12.7 Å². The summed E-state index contributed by atoms with van der Waals surface area (Å²) in [6.45, 7) is 0. The van der Waals surface area contributed by atoms with Crippen molar-refractivity contribution in [2.45, 2.75) is 4.90 Å². The van der Waals surface area contributed by atoms with Gasteiger partial charge in [0.25, 0.3) is 0 Å². The number of hydrogen-bond acceptors (Lipinski definition) is 4. The van der Waals surface area contributed by atoms with Crippen LogP contribution in [0.15, 0.2) is 52.9 Å². The maximum Gasteiger partial charge on any atom is 0.337 e. The molecule has 3 rings (SSSR count). The first-order chi connectivity index (χ1) is 11.1. The number of ether oxygens (including phenoxy) is 1. The molecule has 5 heteroatoms. The van der Waals surface area contributed by atoms with Crippen LogP contribution in [0.5, 0.6) is 0 Å². The van der Waals surface area contributed by atoms with Gasteiger partial charge in [-0.2, -0.15) is 0 Å². The molecule has 116 valence electrons. The summed E-state index contributed by atoms with van der Waals surface area (Å²) >= 11 is 1.51. The van der Waals surface area contributed by atoms with Gasteiger partial charge in [0.15, 0.2) is 5.78 Å². The molecule has 0 radical (unpaired) electrons. The van der Waals surface area contributed by atoms with Gasteiger partial charge in [-0.25, -0.2) is 9.18 Å². The Morgan fingerprint density at radius 3 is 2.65 bits per heavy atom. The fourth-order valence-electron chi connectivity index (χ4n) is 2.34. The summed E-state index contributed by atoms with van der Waals surface area (Å²) in [5.41, 5.74) is 2.27. The van der Waals surface area contributed by atoms with Crippen LogP contribution in [0, 0.1) is 5.82 Å². The molecule has 0 aromatic heterocycles. The molecule has 1 aliphatic heterocycles. The quantitative estimate of drug-likeness (QED) is 0.618. The van der Waals surface area contributed by atoms with Crippen molar-refractivity contribution in [1.82, 2.24) is 0 Å². The first-order valence-electron chi connectivity index (χ1n) is 6.94. The van der Waals surface area contributed by atoms with E-state index in [1.807, 2.05) is 0 Å². The van der Waals surface area contributed by atoms with Gasteiger partial charge < -0.3 is 4.74 Å². The van der Waals surface area contributed by atoms with Crippen LogP contribution in [0.2, 0.25) is 0 Å². The first kappa shape index (κ1) is 15.5. The monoisotopic (exact) mass is 328 g/mol. The van der Waals surface area contributed by atoms with E-state index in [1.54, 1.807) is 36.4 Å². The molecule has 0 spiro atoms. The normalized spacial score (nSPS) is 15.4. The summed E-state index contributed by atoms with van der Waals surface area (Å²) in [5.74, 6) is -0.439. The predicted octanol–water partition coefficient (Wildman–Crippen LogP) is 3.98. The van der Waals surface area contributed by atoms with Gasteiger partial charge in [-0.05, 0) is 42.0 Å². The molecule has 3 nitrogen and oxygen atoms in total. The second kappa shape index (κ2) is 6.38. The highest BCUT2D eigenvalue weighted by molar-refractivity contribution is 7.99. The summed E-state index contributed by atoms with van der Waals surface area (Å²) in [7, 11) is 1.33. The smallest absolute Gasteiger partial charge is 0.337 e. The van der Waals surface area contributed by atoms with E-state index in [0.717, 1.165) is 10.5 Å². The Morgan fingerprint density at radius 2 is 1.96 bits per heavy atom. The van der Waals surface area contributed by atoms with Crippen molar-refractivity contribution in [2.75, 3.05) is 12.9 Å². The number of benzene rings is 2. The highest BCUT2D eigenvalue weighted by Crippen LogP contribution is 2.33. The van der Waals surface area contributed by atoms with Crippen LogP contribution in [-0.4, -0.2) is 24.6 Å². The third-order valence-corrected chi connectivity index (χ3v) is 4.66. The maximum absolute atomic E-state index is 13.4. The minimum absolute atomic E-state index is 0.157. The number of rotatable bonds is 2. The van der Waals surface area contributed by atoms with Crippen molar-refractivity contribution in [3.05, 3.63) is 70.5 Å². The standard InChI is InChI=1S/C18H13FO3S/c1-22-18(21)12-4-2-11(3-5-12)8-13-10-23-16-7-6-14(19)9-15(16)17(13)20/h2-9H,10H2,1H3. The van der Waals surface area contributed by atoms with Gasteiger partial charge >= 0.3 is 5.97 Å². The number of halogens is 1. The lowest BCUT2D eigenvalue weighted by atomic mass is 10.0. The van der Waals surface area contributed by atoms with Gasteiger partial charge in [-0.15, -0.1) is 11.8 Å². The van der Waals surface area contributed by atoms with Crippen molar-refractivity contribution in [3.8, 4) is 0 Å². The fraction of sp³-hybridized carbons (Fsp3) is 0.111. The van der Waals surface area contributed by atoms with E-state index in [2.05, 4.69) is 4.74 Å². The Hall–Kier alpha value is -2.40. The lowest BCUT2D eigenvalue weighted by molar-refractivity contribution is 0.0600. The van der Waals surface area contributed by atoms with E-state index in [4.69, 9.17) is 0 Å². The number of fused-ring (bicyclic) bond motifs is 1. The summed E-state index contributed by atoms with van der Waals surface area (Å²) in [5, 5.41) is 0. The Bertz CT molecular complexity index is 810. The largest absolute Gasteiger partial charge is 0.465 e. The molecular formula is C18H13FO3S. The number of Topliss-reactive ketones (excluding diaryl/α,β-unsaturated/α-hetero) is 1. The predicted molar refractivity (Wildman–Crippen MR) is 87.2 cm³/mol. The van der Waals surface area contributed by atoms with E-state index in [0.29, 0.717) is 22.5 Å². The number of esters is 1. The molecule has 0 fully saturated rings. The Kier molecular flexibility index (Phi) is 4.30.